The van der Waals surface area contributed by atoms with E-state index in [4.69, 9.17) is 0 Å². The third kappa shape index (κ3) is 2.32. The summed E-state index contributed by atoms with van der Waals surface area (Å²) in [7, 11) is 0. The smallest absolute Gasteiger partial charge is 0.325 e. The van der Waals surface area contributed by atoms with Gasteiger partial charge < -0.3 is 10.1 Å². The minimum absolute atomic E-state index is 0.242. The van der Waals surface area contributed by atoms with Crippen LogP contribution in [0, 0.1) is 5.41 Å². The van der Waals surface area contributed by atoms with E-state index in [2.05, 4.69) is 4.98 Å². The third-order valence-electron chi connectivity index (χ3n) is 1.90. The molecule has 1 unspecified atom stereocenters. The van der Waals surface area contributed by atoms with Crippen molar-refractivity contribution in [3.63, 3.8) is 0 Å². The van der Waals surface area contributed by atoms with Crippen molar-refractivity contribution in [3.8, 4) is 0 Å². The lowest BCUT2D eigenvalue weighted by atomic mass is 9.87. The number of hydrogen-bond acceptors (Lipinski definition) is 3. The summed E-state index contributed by atoms with van der Waals surface area (Å²) in [6.07, 6.45) is -0.863. The van der Waals surface area contributed by atoms with Gasteiger partial charge in [0, 0.05) is 6.07 Å². The zero-order chi connectivity index (χ0) is 10.9. The van der Waals surface area contributed by atoms with Crippen molar-refractivity contribution < 1.29 is 5.11 Å². The second-order valence-electron chi connectivity index (χ2n) is 4.31. The van der Waals surface area contributed by atoms with Gasteiger partial charge in [0.1, 0.15) is 0 Å². The summed E-state index contributed by atoms with van der Waals surface area (Å²) in [6, 6.07) is 1.19. The fourth-order valence-electron chi connectivity index (χ4n) is 1.10. The molecule has 78 valence electrons. The molecule has 0 bridgehead atoms. The predicted octanol–water partition coefficient (Wildman–Crippen LogP) is 0.143. The molecule has 5 heteroatoms. The molecule has 1 aromatic rings. The zero-order valence-electron chi connectivity index (χ0n) is 8.42. The van der Waals surface area contributed by atoms with E-state index in [9.17, 15) is 14.7 Å². The Morgan fingerprint density at radius 3 is 2.29 bits per heavy atom. The Kier molecular flexibility index (Phi) is 2.62. The van der Waals surface area contributed by atoms with Gasteiger partial charge in [-0.2, -0.15) is 0 Å². The number of aliphatic hydroxyl groups excluding tert-OH is 1. The monoisotopic (exact) mass is 198 g/mol. The van der Waals surface area contributed by atoms with Gasteiger partial charge in [0.05, 0.1) is 11.8 Å². The average Bonchev–Trinajstić information content (AvgIpc) is 1.99. The zero-order valence-corrected chi connectivity index (χ0v) is 8.42. The Morgan fingerprint density at radius 1 is 1.29 bits per heavy atom. The lowest BCUT2D eigenvalue weighted by Crippen LogP contribution is -2.28. The molecule has 0 aliphatic carbocycles. The van der Waals surface area contributed by atoms with Gasteiger partial charge >= 0.3 is 5.69 Å². The molecule has 0 fully saturated rings. The summed E-state index contributed by atoms with van der Waals surface area (Å²) in [4.78, 5) is 26.3. The van der Waals surface area contributed by atoms with Crippen LogP contribution < -0.4 is 11.2 Å². The lowest BCUT2D eigenvalue weighted by Gasteiger charge is -2.25. The molecule has 0 radical (unpaired) electrons. The van der Waals surface area contributed by atoms with Crippen molar-refractivity contribution in [2.75, 3.05) is 0 Å². The van der Waals surface area contributed by atoms with Crippen LogP contribution in [0.2, 0.25) is 0 Å². The second-order valence-corrected chi connectivity index (χ2v) is 4.31. The normalized spacial score (nSPS) is 14.0. The Balaban J connectivity index is 3.21. The van der Waals surface area contributed by atoms with E-state index in [1.165, 1.54) is 6.07 Å². The van der Waals surface area contributed by atoms with Crippen LogP contribution in [0.3, 0.4) is 0 Å². The Bertz CT molecular complexity index is 396. The first-order valence-corrected chi connectivity index (χ1v) is 4.32. The summed E-state index contributed by atoms with van der Waals surface area (Å²) in [5, 5.41) is 9.78. The molecule has 14 heavy (non-hydrogen) atoms. The molecule has 0 amide bonds. The maximum Gasteiger partial charge on any atom is 0.325 e. The van der Waals surface area contributed by atoms with E-state index < -0.39 is 22.8 Å². The van der Waals surface area contributed by atoms with E-state index in [1.807, 2.05) is 25.8 Å². The third-order valence-corrected chi connectivity index (χ3v) is 1.90. The number of aromatic amines is 2. The molecule has 1 rings (SSSR count). The highest BCUT2D eigenvalue weighted by molar-refractivity contribution is 5.05. The Hall–Kier alpha value is -1.36. The van der Waals surface area contributed by atoms with Crippen molar-refractivity contribution >= 4 is 0 Å². The number of rotatable bonds is 1. The topological polar surface area (TPSA) is 85.9 Å². The molecule has 3 N–H and O–H groups in total. The average molecular weight is 198 g/mol. The maximum absolute atomic E-state index is 11.0. The molecule has 5 nitrogen and oxygen atoms in total. The summed E-state index contributed by atoms with van der Waals surface area (Å²) in [5.74, 6) is 0. The van der Waals surface area contributed by atoms with Crippen LogP contribution in [0.5, 0.6) is 0 Å². The first-order valence-electron chi connectivity index (χ1n) is 4.32. The Labute approximate surface area is 80.8 Å². The number of aliphatic hydroxyl groups is 1. The van der Waals surface area contributed by atoms with Gasteiger partial charge in [-0.05, 0) is 5.41 Å². The van der Waals surface area contributed by atoms with Gasteiger partial charge in [0.2, 0.25) is 0 Å². The highest BCUT2D eigenvalue weighted by Crippen LogP contribution is 2.30. The summed E-state index contributed by atoms with van der Waals surface area (Å²) >= 11 is 0. The number of nitrogens with one attached hydrogen (secondary N) is 2. The van der Waals surface area contributed by atoms with Gasteiger partial charge in [-0.15, -0.1) is 0 Å². The van der Waals surface area contributed by atoms with Crippen molar-refractivity contribution in [1.82, 2.24) is 9.97 Å². The molecule has 1 atom stereocenters. The van der Waals surface area contributed by atoms with Gasteiger partial charge in [0.25, 0.3) is 5.56 Å². The first-order chi connectivity index (χ1) is 6.30. The molecule has 0 aliphatic rings. The minimum atomic E-state index is -0.863. The number of hydrogen-bond donors (Lipinski definition) is 3. The quantitative estimate of drug-likeness (QED) is 0.600. The molecule has 0 saturated heterocycles. The van der Waals surface area contributed by atoms with Crippen LogP contribution in [0.15, 0.2) is 15.7 Å². The van der Waals surface area contributed by atoms with Crippen molar-refractivity contribution in [1.29, 1.82) is 0 Å². The molecule has 0 aromatic carbocycles. The second kappa shape index (κ2) is 3.42. The van der Waals surface area contributed by atoms with Gasteiger partial charge in [-0.25, -0.2) is 4.79 Å². The Morgan fingerprint density at radius 2 is 1.86 bits per heavy atom. The summed E-state index contributed by atoms with van der Waals surface area (Å²) < 4.78 is 0. The summed E-state index contributed by atoms with van der Waals surface area (Å²) in [5.41, 5.74) is -1.29. The standard InChI is InChI=1S/C9H14N2O3/c1-9(2,3)7(13)5-4-6(12)11-8(14)10-5/h4,7,13H,1-3H3,(H2,10,11,12,14). The van der Waals surface area contributed by atoms with Crippen LogP contribution in [0.4, 0.5) is 0 Å². The molecular weight excluding hydrogens is 184 g/mol. The van der Waals surface area contributed by atoms with E-state index in [0.717, 1.165) is 0 Å². The molecule has 1 aromatic heterocycles. The van der Waals surface area contributed by atoms with Crippen LogP contribution >= 0.6 is 0 Å². The van der Waals surface area contributed by atoms with Crippen LogP contribution in [0.25, 0.3) is 0 Å². The minimum Gasteiger partial charge on any atom is -0.386 e. The SMILES string of the molecule is CC(C)(C)C(O)c1cc(=O)[nH]c(=O)[nH]1. The van der Waals surface area contributed by atoms with E-state index in [1.54, 1.807) is 0 Å². The number of aromatic nitrogens is 2. The maximum atomic E-state index is 11.0. The van der Waals surface area contributed by atoms with Gasteiger partial charge in [-0.1, -0.05) is 20.8 Å². The van der Waals surface area contributed by atoms with E-state index >= 15 is 0 Å². The van der Waals surface area contributed by atoms with Gasteiger partial charge in [0.15, 0.2) is 0 Å². The molecule has 0 saturated carbocycles. The highest BCUT2D eigenvalue weighted by atomic mass is 16.3. The van der Waals surface area contributed by atoms with Crippen LogP contribution in [0.1, 0.15) is 32.6 Å². The summed E-state index contributed by atoms with van der Waals surface area (Å²) in [6.45, 7) is 5.45. The first kappa shape index (κ1) is 10.7. The largest absolute Gasteiger partial charge is 0.386 e. The molecule has 0 aliphatic heterocycles. The predicted molar refractivity (Wildman–Crippen MR) is 52.1 cm³/mol. The van der Waals surface area contributed by atoms with Crippen LogP contribution in [-0.4, -0.2) is 15.1 Å². The molecule has 1 heterocycles. The van der Waals surface area contributed by atoms with Crippen molar-refractivity contribution in [3.05, 3.63) is 32.6 Å². The lowest BCUT2D eigenvalue weighted by molar-refractivity contribution is 0.0585. The number of H-pyrrole nitrogens is 2. The highest BCUT2D eigenvalue weighted by Gasteiger charge is 2.24. The van der Waals surface area contributed by atoms with E-state index in [0.29, 0.717) is 0 Å². The van der Waals surface area contributed by atoms with Crippen LogP contribution in [-0.2, 0) is 0 Å². The van der Waals surface area contributed by atoms with Gasteiger partial charge in [-0.3, -0.25) is 9.78 Å². The fraction of sp³-hybridized carbons (Fsp3) is 0.556. The molecule has 0 spiro atoms. The van der Waals surface area contributed by atoms with E-state index in [-0.39, 0.29) is 5.69 Å². The molecular formula is C9H14N2O3. The fourth-order valence-corrected chi connectivity index (χ4v) is 1.10. The van der Waals surface area contributed by atoms with Crippen molar-refractivity contribution in [2.45, 2.75) is 26.9 Å². The van der Waals surface area contributed by atoms with Crippen molar-refractivity contribution in [2.24, 2.45) is 5.41 Å².